The van der Waals surface area contributed by atoms with Gasteiger partial charge in [0, 0.05) is 32.2 Å². The number of aryl methyl sites for hydroxylation is 1. The normalized spacial score (nSPS) is 28.0. The second-order valence-corrected chi connectivity index (χ2v) is 6.49. The van der Waals surface area contributed by atoms with Crippen LogP contribution in [0.1, 0.15) is 25.0 Å². The maximum Gasteiger partial charge on any atom is 0.0870 e. The summed E-state index contributed by atoms with van der Waals surface area (Å²) < 4.78 is 5.99. The zero-order chi connectivity index (χ0) is 14.1. The van der Waals surface area contributed by atoms with E-state index >= 15 is 0 Å². The van der Waals surface area contributed by atoms with Crippen molar-refractivity contribution >= 4 is 0 Å². The molecule has 3 rings (SSSR count). The maximum atomic E-state index is 5.99. The van der Waals surface area contributed by atoms with Crippen molar-refractivity contribution in [1.29, 1.82) is 0 Å². The Morgan fingerprint density at radius 1 is 1.20 bits per heavy atom. The van der Waals surface area contributed by atoms with Crippen LogP contribution in [0.3, 0.4) is 0 Å². The number of hydrogen-bond acceptors (Lipinski definition) is 3. The van der Waals surface area contributed by atoms with Crippen molar-refractivity contribution in [3.63, 3.8) is 0 Å². The van der Waals surface area contributed by atoms with Gasteiger partial charge in [0.05, 0.1) is 18.8 Å². The summed E-state index contributed by atoms with van der Waals surface area (Å²) in [6.45, 7) is 12.0. The molecule has 1 aromatic rings. The van der Waals surface area contributed by atoms with Crippen LogP contribution in [0.25, 0.3) is 0 Å². The van der Waals surface area contributed by atoms with E-state index in [4.69, 9.17) is 4.74 Å². The van der Waals surface area contributed by atoms with Crippen molar-refractivity contribution in [1.82, 2.24) is 9.80 Å². The molecule has 2 aliphatic rings. The molecule has 0 N–H and O–H groups in total. The number of ether oxygens (including phenoxy) is 1. The Morgan fingerprint density at radius 2 is 1.95 bits per heavy atom. The fourth-order valence-electron chi connectivity index (χ4n) is 3.51. The van der Waals surface area contributed by atoms with Crippen molar-refractivity contribution in [2.75, 3.05) is 26.2 Å². The fraction of sp³-hybridized carbons (Fsp3) is 0.647. The molecule has 20 heavy (non-hydrogen) atoms. The van der Waals surface area contributed by atoms with Crippen LogP contribution in [0.4, 0.5) is 0 Å². The van der Waals surface area contributed by atoms with Gasteiger partial charge >= 0.3 is 0 Å². The predicted octanol–water partition coefficient (Wildman–Crippen LogP) is 2.29. The average molecular weight is 274 g/mol. The summed E-state index contributed by atoms with van der Waals surface area (Å²) >= 11 is 0. The van der Waals surface area contributed by atoms with Crippen molar-refractivity contribution in [2.45, 2.75) is 45.5 Å². The van der Waals surface area contributed by atoms with Crippen LogP contribution < -0.4 is 0 Å². The summed E-state index contributed by atoms with van der Waals surface area (Å²) in [7, 11) is 0. The highest BCUT2D eigenvalue weighted by Crippen LogP contribution is 2.25. The second kappa shape index (κ2) is 5.84. The van der Waals surface area contributed by atoms with Gasteiger partial charge in [-0.3, -0.25) is 9.80 Å². The van der Waals surface area contributed by atoms with E-state index in [1.807, 2.05) is 0 Å². The smallest absolute Gasteiger partial charge is 0.0870 e. The van der Waals surface area contributed by atoms with Crippen molar-refractivity contribution < 1.29 is 4.74 Å². The molecule has 3 nitrogen and oxygen atoms in total. The van der Waals surface area contributed by atoms with E-state index in [1.165, 1.54) is 11.1 Å². The second-order valence-electron chi connectivity index (χ2n) is 6.49. The summed E-state index contributed by atoms with van der Waals surface area (Å²) in [5.41, 5.74) is 2.74. The monoisotopic (exact) mass is 274 g/mol. The van der Waals surface area contributed by atoms with E-state index < -0.39 is 0 Å². The summed E-state index contributed by atoms with van der Waals surface area (Å²) in [6.07, 6.45) is 0.400. The molecule has 2 atom stereocenters. The van der Waals surface area contributed by atoms with Crippen molar-refractivity contribution in [3.05, 3.63) is 35.4 Å². The Morgan fingerprint density at radius 3 is 2.65 bits per heavy atom. The molecule has 3 heteroatoms. The third kappa shape index (κ3) is 2.90. The van der Waals surface area contributed by atoms with Crippen LogP contribution in [-0.4, -0.2) is 54.2 Å². The molecule has 2 saturated heterocycles. The fourth-order valence-corrected chi connectivity index (χ4v) is 3.51. The molecule has 110 valence electrons. The Labute approximate surface area is 122 Å². The van der Waals surface area contributed by atoms with Crippen LogP contribution in [0.5, 0.6) is 0 Å². The maximum absolute atomic E-state index is 5.99. The largest absolute Gasteiger partial charge is 0.374 e. The van der Waals surface area contributed by atoms with Crippen LogP contribution in [0.15, 0.2) is 24.3 Å². The van der Waals surface area contributed by atoms with Gasteiger partial charge < -0.3 is 4.74 Å². The Kier molecular flexibility index (Phi) is 4.11. The molecule has 2 fully saturated rings. The van der Waals surface area contributed by atoms with Gasteiger partial charge in [0.1, 0.15) is 0 Å². The standard InChI is InChI=1S/C17H26N2O/c1-13(2)19-8-9-20-17-12-18(11-16(17)19)10-15-6-4-14(3)5-7-15/h4-7,13,16-17H,8-12H2,1-3H3/t16-,17-/m0/s1. The lowest BCUT2D eigenvalue weighted by atomic mass is 10.1. The third-order valence-corrected chi connectivity index (χ3v) is 4.61. The zero-order valence-electron chi connectivity index (χ0n) is 12.9. The first-order valence-electron chi connectivity index (χ1n) is 7.79. The Bertz CT molecular complexity index is 443. The van der Waals surface area contributed by atoms with E-state index in [0.29, 0.717) is 18.2 Å². The first kappa shape index (κ1) is 14.1. The molecule has 0 aromatic heterocycles. The SMILES string of the molecule is Cc1ccc(CN2C[C@@H]3OCCN(C(C)C)[C@H]3C2)cc1. The minimum Gasteiger partial charge on any atom is -0.374 e. The molecule has 0 amide bonds. The molecule has 0 radical (unpaired) electrons. The quantitative estimate of drug-likeness (QED) is 0.841. The number of benzene rings is 1. The molecule has 0 aliphatic carbocycles. The average Bonchev–Trinajstić information content (AvgIpc) is 2.83. The van der Waals surface area contributed by atoms with E-state index in [9.17, 15) is 0 Å². The summed E-state index contributed by atoms with van der Waals surface area (Å²) in [5.74, 6) is 0. The highest BCUT2D eigenvalue weighted by atomic mass is 16.5. The predicted molar refractivity (Wildman–Crippen MR) is 81.8 cm³/mol. The number of fused-ring (bicyclic) bond motifs is 1. The van der Waals surface area contributed by atoms with E-state index in [0.717, 1.165) is 32.8 Å². The number of nitrogens with zero attached hydrogens (tertiary/aromatic N) is 2. The molecule has 2 heterocycles. The third-order valence-electron chi connectivity index (χ3n) is 4.61. The van der Waals surface area contributed by atoms with Gasteiger partial charge in [-0.2, -0.15) is 0 Å². The number of hydrogen-bond donors (Lipinski definition) is 0. The van der Waals surface area contributed by atoms with Gasteiger partial charge in [-0.25, -0.2) is 0 Å². The molecule has 0 spiro atoms. The minimum absolute atomic E-state index is 0.400. The van der Waals surface area contributed by atoms with Crippen LogP contribution in [-0.2, 0) is 11.3 Å². The van der Waals surface area contributed by atoms with Crippen molar-refractivity contribution in [2.24, 2.45) is 0 Å². The van der Waals surface area contributed by atoms with Gasteiger partial charge in [-0.05, 0) is 26.3 Å². The first-order valence-corrected chi connectivity index (χ1v) is 7.79. The van der Waals surface area contributed by atoms with E-state index in [1.54, 1.807) is 0 Å². The number of likely N-dealkylation sites (tertiary alicyclic amines) is 1. The van der Waals surface area contributed by atoms with Gasteiger partial charge in [-0.1, -0.05) is 29.8 Å². The zero-order valence-corrected chi connectivity index (χ0v) is 12.9. The molecule has 0 saturated carbocycles. The molecular formula is C17H26N2O. The van der Waals surface area contributed by atoms with Gasteiger partial charge in [-0.15, -0.1) is 0 Å². The summed E-state index contributed by atoms with van der Waals surface area (Å²) in [6, 6.07) is 10.1. The van der Waals surface area contributed by atoms with Crippen LogP contribution in [0, 0.1) is 6.92 Å². The van der Waals surface area contributed by atoms with Gasteiger partial charge in [0.2, 0.25) is 0 Å². The first-order chi connectivity index (χ1) is 9.63. The molecule has 0 bridgehead atoms. The molecule has 0 unspecified atom stereocenters. The number of morpholine rings is 1. The highest BCUT2D eigenvalue weighted by Gasteiger charge is 2.40. The molecule has 2 aliphatic heterocycles. The summed E-state index contributed by atoms with van der Waals surface area (Å²) in [5, 5.41) is 0. The topological polar surface area (TPSA) is 15.7 Å². The van der Waals surface area contributed by atoms with Crippen molar-refractivity contribution in [3.8, 4) is 0 Å². The van der Waals surface area contributed by atoms with Gasteiger partial charge in [0.25, 0.3) is 0 Å². The van der Waals surface area contributed by atoms with Gasteiger partial charge in [0.15, 0.2) is 0 Å². The molecular weight excluding hydrogens is 248 g/mol. The minimum atomic E-state index is 0.400. The Hall–Kier alpha value is -0.900. The lowest BCUT2D eigenvalue weighted by Gasteiger charge is -2.39. The summed E-state index contributed by atoms with van der Waals surface area (Å²) in [4.78, 5) is 5.16. The Balaban J connectivity index is 1.64. The van der Waals surface area contributed by atoms with E-state index in [-0.39, 0.29) is 0 Å². The lowest BCUT2D eigenvalue weighted by Crippen LogP contribution is -2.53. The van der Waals surface area contributed by atoms with Crippen LogP contribution in [0.2, 0.25) is 0 Å². The lowest BCUT2D eigenvalue weighted by molar-refractivity contribution is -0.0583. The highest BCUT2D eigenvalue weighted by molar-refractivity contribution is 5.21. The molecule has 1 aromatic carbocycles. The number of rotatable bonds is 3. The van der Waals surface area contributed by atoms with Crippen LogP contribution >= 0.6 is 0 Å². The van der Waals surface area contributed by atoms with E-state index in [2.05, 4.69) is 54.8 Å².